The van der Waals surface area contributed by atoms with Crippen LogP contribution in [0.25, 0.3) is 0 Å². The Bertz CT molecular complexity index is 919. The second kappa shape index (κ2) is 8.04. The molecule has 3 aromatic rings. The summed E-state index contributed by atoms with van der Waals surface area (Å²) in [4.78, 5) is 20.9. The summed E-state index contributed by atoms with van der Waals surface area (Å²) in [5.41, 5.74) is 1.89. The van der Waals surface area contributed by atoms with E-state index in [-0.39, 0.29) is 5.91 Å². The molecule has 28 heavy (non-hydrogen) atoms. The van der Waals surface area contributed by atoms with Gasteiger partial charge in [0.15, 0.2) is 11.6 Å². The molecule has 1 saturated heterocycles. The molecule has 0 atom stereocenters. The minimum atomic E-state index is 0.0839. The molecule has 1 aliphatic rings. The van der Waals surface area contributed by atoms with Crippen molar-refractivity contribution in [2.24, 2.45) is 0 Å². The number of aromatic nitrogens is 3. The van der Waals surface area contributed by atoms with E-state index in [0.29, 0.717) is 18.9 Å². The quantitative estimate of drug-likeness (QED) is 0.757. The van der Waals surface area contributed by atoms with Gasteiger partial charge in [-0.05, 0) is 43.3 Å². The number of anilines is 3. The molecule has 3 heterocycles. The Labute approximate surface area is 164 Å². The zero-order valence-corrected chi connectivity index (χ0v) is 15.7. The van der Waals surface area contributed by atoms with Gasteiger partial charge in [0.05, 0.1) is 0 Å². The Hall–Kier alpha value is -3.48. The van der Waals surface area contributed by atoms with Gasteiger partial charge in [-0.25, -0.2) is 4.98 Å². The van der Waals surface area contributed by atoms with E-state index in [1.54, 1.807) is 6.20 Å². The lowest BCUT2D eigenvalue weighted by Crippen LogP contribution is -2.49. The summed E-state index contributed by atoms with van der Waals surface area (Å²) in [6, 6.07) is 17.2. The van der Waals surface area contributed by atoms with E-state index in [9.17, 15) is 4.79 Å². The molecule has 7 nitrogen and oxygen atoms in total. The molecule has 0 radical (unpaired) electrons. The number of rotatable bonds is 4. The molecule has 2 aromatic heterocycles. The van der Waals surface area contributed by atoms with E-state index in [0.717, 1.165) is 35.9 Å². The fourth-order valence-corrected chi connectivity index (χ4v) is 3.15. The first kappa shape index (κ1) is 17.9. The SMILES string of the molecule is Cc1ccc(C(=O)N2CCN(c3ccc(Nc4ccccn4)nn3)CC2)cc1. The summed E-state index contributed by atoms with van der Waals surface area (Å²) in [6.07, 6.45) is 1.72. The lowest BCUT2D eigenvalue weighted by Gasteiger charge is -2.35. The van der Waals surface area contributed by atoms with E-state index in [1.807, 2.05) is 66.4 Å². The van der Waals surface area contributed by atoms with Crippen LogP contribution >= 0.6 is 0 Å². The lowest BCUT2D eigenvalue weighted by molar-refractivity contribution is 0.0746. The average Bonchev–Trinajstić information content (AvgIpc) is 2.75. The van der Waals surface area contributed by atoms with Gasteiger partial charge in [0, 0.05) is 37.9 Å². The third kappa shape index (κ3) is 4.09. The Morgan fingerprint density at radius 3 is 2.32 bits per heavy atom. The first-order chi connectivity index (χ1) is 13.7. The van der Waals surface area contributed by atoms with Crippen molar-refractivity contribution in [3.05, 3.63) is 71.9 Å². The highest BCUT2D eigenvalue weighted by molar-refractivity contribution is 5.94. The molecule has 1 N–H and O–H groups in total. The molecule has 4 rings (SSSR count). The Morgan fingerprint density at radius 1 is 0.893 bits per heavy atom. The molecule has 0 aliphatic carbocycles. The van der Waals surface area contributed by atoms with Crippen molar-refractivity contribution in [3.8, 4) is 0 Å². The smallest absolute Gasteiger partial charge is 0.253 e. The lowest BCUT2D eigenvalue weighted by atomic mass is 10.1. The van der Waals surface area contributed by atoms with Gasteiger partial charge >= 0.3 is 0 Å². The van der Waals surface area contributed by atoms with Crippen LogP contribution in [0.2, 0.25) is 0 Å². The highest BCUT2D eigenvalue weighted by Gasteiger charge is 2.23. The van der Waals surface area contributed by atoms with Gasteiger partial charge < -0.3 is 15.1 Å². The zero-order chi connectivity index (χ0) is 19.3. The number of amides is 1. The summed E-state index contributed by atoms with van der Waals surface area (Å²) in [5.74, 6) is 2.28. The topological polar surface area (TPSA) is 74.2 Å². The third-order valence-corrected chi connectivity index (χ3v) is 4.76. The molecular weight excluding hydrogens is 352 g/mol. The largest absolute Gasteiger partial charge is 0.352 e. The van der Waals surface area contributed by atoms with Crippen LogP contribution in [0.4, 0.5) is 17.5 Å². The van der Waals surface area contributed by atoms with Crippen LogP contribution < -0.4 is 10.2 Å². The number of nitrogens with one attached hydrogen (secondary N) is 1. The highest BCUT2D eigenvalue weighted by Crippen LogP contribution is 2.17. The van der Waals surface area contributed by atoms with E-state index in [1.165, 1.54) is 0 Å². The fourth-order valence-electron chi connectivity index (χ4n) is 3.15. The molecule has 7 heteroatoms. The minimum Gasteiger partial charge on any atom is -0.352 e. The standard InChI is InChI=1S/C21H22N6O/c1-16-5-7-17(8-6-16)21(28)27-14-12-26(13-15-27)20-10-9-19(24-25-20)23-18-4-2-3-11-22-18/h2-11H,12-15H2,1H3,(H,22,23,24). The van der Waals surface area contributed by atoms with Crippen molar-refractivity contribution >= 4 is 23.4 Å². The van der Waals surface area contributed by atoms with Gasteiger partial charge in [-0.3, -0.25) is 4.79 Å². The number of benzene rings is 1. The molecule has 0 saturated carbocycles. The molecule has 1 amide bonds. The van der Waals surface area contributed by atoms with Crippen LogP contribution in [0, 0.1) is 6.92 Å². The molecule has 1 fully saturated rings. The maximum atomic E-state index is 12.6. The molecule has 142 valence electrons. The molecule has 0 unspecified atom stereocenters. The highest BCUT2D eigenvalue weighted by atomic mass is 16.2. The Morgan fingerprint density at radius 2 is 1.68 bits per heavy atom. The van der Waals surface area contributed by atoms with Crippen LogP contribution in [0.15, 0.2) is 60.8 Å². The Balaban J connectivity index is 1.34. The number of aryl methyl sites for hydroxylation is 1. The van der Waals surface area contributed by atoms with Crippen LogP contribution in [0.1, 0.15) is 15.9 Å². The van der Waals surface area contributed by atoms with Gasteiger partial charge in [-0.15, -0.1) is 10.2 Å². The fraction of sp³-hybridized carbons (Fsp3) is 0.238. The van der Waals surface area contributed by atoms with Crippen molar-refractivity contribution in [2.75, 3.05) is 36.4 Å². The van der Waals surface area contributed by atoms with Gasteiger partial charge in [0.25, 0.3) is 5.91 Å². The summed E-state index contributed by atoms with van der Waals surface area (Å²) >= 11 is 0. The molecule has 1 aliphatic heterocycles. The first-order valence-electron chi connectivity index (χ1n) is 9.32. The number of piperazine rings is 1. The maximum Gasteiger partial charge on any atom is 0.253 e. The van der Waals surface area contributed by atoms with Crippen LogP contribution in [-0.4, -0.2) is 52.2 Å². The predicted molar refractivity (Wildman–Crippen MR) is 109 cm³/mol. The van der Waals surface area contributed by atoms with Crippen LogP contribution in [-0.2, 0) is 0 Å². The van der Waals surface area contributed by atoms with Crippen molar-refractivity contribution in [3.63, 3.8) is 0 Å². The zero-order valence-electron chi connectivity index (χ0n) is 15.7. The predicted octanol–water partition coefficient (Wildman–Crippen LogP) is 2.89. The van der Waals surface area contributed by atoms with Gasteiger partial charge in [0.1, 0.15) is 5.82 Å². The Kier molecular flexibility index (Phi) is 5.14. The average molecular weight is 374 g/mol. The first-order valence-corrected chi connectivity index (χ1v) is 9.32. The number of hydrogen-bond donors (Lipinski definition) is 1. The van der Waals surface area contributed by atoms with Crippen molar-refractivity contribution in [2.45, 2.75) is 6.92 Å². The summed E-state index contributed by atoms with van der Waals surface area (Å²) < 4.78 is 0. The van der Waals surface area contributed by atoms with Gasteiger partial charge in [-0.1, -0.05) is 23.8 Å². The van der Waals surface area contributed by atoms with E-state index >= 15 is 0 Å². The number of nitrogens with zero attached hydrogens (tertiary/aromatic N) is 5. The van der Waals surface area contributed by atoms with Crippen LogP contribution in [0.5, 0.6) is 0 Å². The van der Waals surface area contributed by atoms with E-state index < -0.39 is 0 Å². The van der Waals surface area contributed by atoms with Gasteiger partial charge in [-0.2, -0.15) is 0 Å². The number of hydrogen-bond acceptors (Lipinski definition) is 6. The van der Waals surface area contributed by atoms with Crippen LogP contribution in [0.3, 0.4) is 0 Å². The molecular formula is C21H22N6O. The second-order valence-electron chi connectivity index (χ2n) is 6.76. The summed E-state index contributed by atoms with van der Waals surface area (Å²) in [7, 11) is 0. The summed E-state index contributed by atoms with van der Waals surface area (Å²) in [6.45, 7) is 4.83. The second-order valence-corrected chi connectivity index (χ2v) is 6.76. The minimum absolute atomic E-state index is 0.0839. The van der Waals surface area contributed by atoms with E-state index in [2.05, 4.69) is 25.4 Å². The monoisotopic (exact) mass is 374 g/mol. The number of pyridine rings is 1. The number of carbonyl (C=O) groups excluding carboxylic acids is 1. The summed E-state index contributed by atoms with van der Waals surface area (Å²) in [5, 5.41) is 11.7. The third-order valence-electron chi connectivity index (χ3n) is 4.76. The normalized spacial score (nSPS) is 14.0. The molecule has 0 bridgehead atoms. The van der Waals surface area contributed by atoms with Crippen molar-refractivity contribution in [1.29, 1.82) is 0 Å². The van der Waals surface area contributed by atoms with Crippen molar-refractivity contribution < 1.29 is 4.79 Å². The number of carbonyl (C=O) groups is 1. The van der Waals surface area contributed by atoms with Crippen molar-refractivity contribution in [1.82, 2.24) is 20.1 Å². The van der Waals surface area contributed by atoms with Gasteiger partial charge in [0.2, 0.25) is 0 Å². The molecule has 0 spiro atoms. The molecule has 1 aromatic carbocycles. The van der Waals surface area contributed by atoms with E-state index in [4.69, 9.17) is 0 Å². The maximum absolute atomic E-state index is 12.6.